The van der Waals surface area contributed by atoms with Gasteiger partial charge in [0.1, 0.15) is 0 Å². The normalized spacial score (nSPS) is 12.4. The van der Waals surface area contributed by atoms with E-state index in [2.05, 4.69) is 6.58 Å². The number of aliphatic carboxylic acids is 1. The highest BCUT2D eigenvalue weighted by Crippen LogP contribution is 2.20. The molecule has 0 spiro atoms. The number of hydrogen-bond acceptors (Lipinski definition) is 3. The van der Waals surface area contributed by atoms with Gasteiger partial charge in [-0.2, -0.15) is 0 Å². The van der Waals surface area contributed by atoms with Gasteiger partial charge in [0.2, 0.25) is 0 Å². The summed E-state index contributed by atoms with van der Waals surface area (Å²) < 4.78 is 0. The Morgan fingerprint density at radius 3 is 1.80 bits per heavy atom. The van der Waals surface area contributed by atoms with Gasteiger partial charge in [0.15, 0.2) is 0 Å². The topological polar surface area (TPSA) is 77.8 Å². The Balaban J connectivity index is 0. The molecule has 0 aliphatic heterocycles. The second-order valence-electron chi connectivity index (χ2n) is 4.69. The van der Waals surface area contributed by atoms with E-state index in [0.29, 0.717) is 6.42 Å². The summed E-state index contributed by atoms with van der Waals surface area (Å²) in [6.07, 6.45) is 0.105. The van der Waals surface area contributed by atoms with E-state index < -0.39 is 12.1 Å². The number of carboxylic acid groups (broad SMARTS) is 1. The van der Waals surface area contributed by atoms with E-state index in [9.17, 15) is 4.79 Å². The molecule has 1 unspecified atom stereocenters. The molecular weight excluding hydrogens is 196 g/mol. The average molecular weight is 218 g/mol. The lowest BCUT2D eigenvalue weighted by Gasteiger charge is -2.20. The van der Waals surface area contributed by atoms with E-state index in [1.54, 1.807) is 0 Å². The molecule has 0 rings (SSSR count). The van der Waals surface area contributed by atoms with Crippen LogP contribution in [0.4, 0.5) is 0 Å². The molecular formula is C11H22O4. The summed E-state index contributed by atoms with van der Waals surface area (Å²) in [6.45, 7) is 10.6. The summed E-state index contributed by atoms with van der Waals surface area (Å²) in [5, 5.41) is 25.3. The number of carbonyl (C=O) groups is 1. The molecule has 0 aromatic rings. The second-order valence-corrected chi connectivity index (χ2v) is 4.69. The quantitative estimate of drug-likeness (QED) is 0.626. The second kappa shape index (κ2) is 7.43. The highest BCUT2D eigenvalue weighted by molar-refractivity contribution is 5.84. The van der Waals surface area contributed by atoms with Crippen LogP contribution in [-0.2, 0) is 4.79 Å². The third-order valence-electron chi connectivity index (χ3n) is 1.42. The molecule has 15 heavy (non-hydrogen) atoms. The fourth-order valence-electron chi connectivity index (χ4n) is 0.771. The van der Waals surface area contributed by atoms with Crippen molar-refractivity contribution in [3.8, 4) is 0 Å². The summed E-state index contributed by atoms with van der Waals surface area (Å²) in [6, 6.07) is 0. The van der Waals surface area contributed by atoms with Crippen LogP contribution in [-0.4, -0.2) is 34.0 Å². The number of aliphatic hydroxyl groups is 2. The third kappa shape index (κ3) is 15.9. The van der Waals surface area contributed by atoms with Crippen LogP contribution in [0.1, 0.15) is 34.1 Å². The smallest absolute Gasteiger partial charge is 0.330 e. The number of aliphatic hydroxyl groups excluding tert-OH is 2. The lowest BCUT2D eigenvalue weighted by molar-refractivity contribution is -0.132. The van der Waals surface area contributed by atoms with Crippen molar-refractivity contribution >= 4 is 5.97 Å². The largest absolute Gasteiger partial charge is 0.478 e. The first-order chi connectivity index (χ1) is 6.60. The molecule has 0 saturated carbocycles. The van der Waals surface area contributed by atoms with Crippen molar-refractivity contribution < 1.29 is 20.1 Å². The van der Waals surface area contributed by atoms with Crippen LogP contribution in [0.5, 0.6) is 0 Å². The molecule has 0 heterocycles. The van der Waals surface area contributed by atoms with Gasteiger partial charge in [0, 0.05) is 5.57 Å². The number of carboxylic acids is 1. The fourth-order valence-corrected chi connectivity index (χ4v) is 0.771. The van der Waals surface area contributed by atoms with Crippen LogP contribution in [0, 0.1) is 5.41 Å². The van der Waals surface area contributed by atoms with Gasteiger partial charge in [0.05, 0.1) is 12.7 Å². The van der Waals surface area contributed by atoms with Crippen molar-refractivity contribution in [3.63, 3.8) is 0 Å². The summed E-state index contributed by atoms with van der Waals surface area (Å²) in [4.78, 5) is 9.60. The molecule has 90 valence electrons. The zero-order valence-electron chi connectivity index (χ0n) is 9.95. The van der Waals surface area contributed by atoms with Crippen molar-refractivity contribution in [1.82, 2.24) is 0 Å². The van der Waals surface area contributed by atoms with Crippen LogP contribution in [0.2, 0.25) is 0 Å². The molecule has 0 aromatic heterocycles. The highest BCUT2D eigenvalue weighted by atomic mass is 16.4. The Kier molecular flexibility index (Phi) is 8.20. The monoisotopic (exact) mass is 218 g/mol. The van der Waals surface area contributed by atoms with Gasteiger partial charge in [-0.05, 0) is 18.8 Å². The van der Waals surface area contributed by atoms with E-state index in [-0.39, 0.29) is 17.6 Å². The van der Waals surface area contributed by atoms with Gasteiger partial charge in [-0.1, -0.05) is 27.4 Å². The van der Waals surface area contributed by atoms with E-state index in [1.165, 1.54) is 6.92 Å². The van der Waals surface area contributed by atoms with Crippen LogP contribution in [0.25, 0.3) is 0 Å². The Morgan fingerprint density at radius 1 is 1.40 bits per heavy atom. The molecule has 0 saturated heterocycles. The highest BCUT2D eigenvalue weighted by Gasteiger charge is 2.15. The molecule has 0 amide bonds. The molecule has 0 bridgehead atoms. The van der Waals surface area contributed by atoms with Gasteiger partial charge in [-0.3, -0.25) is 0 Å². The van der Waals surface area contributed by atoms with Gasteiger partial charge in [-0.25, -0.2) is 4.79 Å². The van der Waals surface area contributed by atoms with Gasteiger partial charge in [-0.15, -0.1) is 0 Å². The summed E-state index contributed by atoms with van der Waals surface area (Å²) in [7, 11) is 0. The molecule has 0 aliphatic carbocycles. The standard InChI is InChI=1S/C7H16O2.C4H6O2/c1-7(2,3)4-6(9)5-8;1-3(2)4(5)6/h6,8-9H,4-5H2,1-3H3;1H2,2H3,(H,5,6). The first kappa shape index (κ1) is 16.6. The maximum Gasteiger partial charge on any atom is 0.330 e. The summed E-state index contributed by atoms with van der Waals surface area (Å²) in [5.74, 6) is -0.935. The van der Waals surface area contributed by atoms with Crippen LogP contribution >= 0.6 is 0 Å². The van der Waals surface area contributed by atoms with Crippen molar-refractivity contribution in [2.45, 2.75) is 40.2 Å². The number of rotatable bonds is 3. The Bertz CT molecular complexity index is 191. The van der Waals surface area contributed by atoms with Crippen molar-refractivity contribution in [2.75, 3.05) is 6.61 Å². The fraction of sp³-hybridized carbons (Fsp3) is 0.727. The lowest BCUT2D eigenvalue weighted by Crippen LogP contribution is -2.20. The molecule has 1 atom stereocenters. The minimum absolute atomic E-state index is 0.113. The first-order valence-corrected chi connectivity index (χ1v) is 4.78. The van der Waals surface area contributed by atoms with E-state index in [1.807, 2.05) is 20.8 Å². The molecule has 0 fully saturated rings. The van der Waals surface area contributed by atoms with Gasteiger partial charge in [0.25, 0.3) is 0 Å². The Morgan fingerprint density at radius 2 is 1.73 bits per heavy atom. The molecule has 4 heteroatoms. The van der Waals surface area contributed by atoms with E-state index >= 15 is 0 Å². The van der Waals surface area contributed by atoms with E-state index in [4.69, 9.17) is 15.3 Å². The zero-order valence-corrected chi connectivity index (χ0v) is 9.95. The van der Waals surface area contributed by atoms with Crippen LogP contribution in [0.3, 0.4) is 0 Å². The Hall–Kier alpha value is -0.870. The van der Waals surface area contributed by atoms with Crippen molar-refractivity contribution in [3.05, 3.63) is 12.2 Å². The maximum atomic E-state index is 9.60. The zero-order chi connectivity index (χ0) is 12.6. The molecule has 0 aromatic carbocycles. The summed E-state index contributed by atoms with van der Waals surface area (Å²) in [5.41, 5.74) is 0.289. The average Bonchev–Trinajstić information content (AvgIpc) is 2.02. The molecule has 3 N–H and O–H groups in total. The SMILES string of the molecule is C=C(C)C(=O)O.CC(C)(C)CC(O)CO. The van der Waals surface area contributed by atoms with Crippen LogP contribution in [0.15, 0.2) is 12.2 Å². The predicted molar refractivity (Wildman–Crippen MR) is 59.6 cm³/mol. The van der Waals surface area contributed by atoms with Crippen molar-refractivity contribution in [2.24, 2.45) is 5.41 Å². The molecule has 0 aliphatic rings. The maximum absolute atomic E-state index is 9.60. The minimum atomic E-state index is -0.935. The predicted octanol–water partition coefficient (Wildman–Crippen LogP) is 1.42. The van der Waals surface area contributed by atoms with Gasteiger partial charge >= 0.3 is 5.97 Å². The summed E-state index contributed by atoms with van der Waals surface area (Å²) >= 11 is 0. The van der Waals surface area contributed by atoms with Gasteiger partial charge < -0.3 is 15.3 Å². The number of hydrogen-bond donors (Lipinski definition) is 3. The third-order valence-corrected chi connectivity index (χ3v) is 1.42. The molecule has 4 nitrogen and oxygen atoms in total. The lowest BCUT2D eigenvalue weighted by atomic mass is 9.89. The van der Waals surface area contributed by atoms with E-state index in [0.717, 1.165) is 0 Å². The Labute approximate surface area is 91.2 Å². The molecule has 0 radical (unpaired) electrons. The minimum Gasteiger partial charge on any atom is -0.478 e. The van der Waals surface area contributed by atoms with Crippen molar-refractivity contribution in [1.29, 1.82) is 0 Å². The van der Waals surface area contributed by atoms with Crippen LogP contribution < -0.4 is 0 Å². The first-order valence-electron chi connectivity index (χ1n) is 4.78.